The number of benzene rings is 3. The minimum Gasteiger partial charge on any atom is -0.493 e. The Morgan fingerprint density at radius 3 is 2.63 bits per heavy atom. The molecule has 0 unspecified atom stereocenters. The molecule has 0 aromatic heterocycles. The highest BCUT2D eigenvalue weighted by atomic mass is 32.2. The highest BCUT2D eigenvalue weighted by molar-refractivity contribution is 8.18. The number of imide groups is 1. The van der Waals surface area contributed by atoms with E-state index in [0.29, 0.717) is 23.7 Å². The standard InChI is InChI=1S/C26H23NO6S2/c1-31-21-14-17(15-23-25(29)27(26(30)35-23)16-24(28)32-2)10-11-20(21)33-12-13-34-22-9-5-7-18-6-3-4-8-19(18)22/h3-11,14-15H,12-13,16H2,1-2H3/b23-15-. The van der Waals surface area contributed by atoms with E-state index in [1.807, 2.05) is 12.1 Å². The highest BCUT2D eigenvalue weighted by Crippen LogP contribution is 2.35. The maximum Gasteiger partial charge on any atom is 0.325 e. The van der Waals surface area contributed by atoms with Crippen LogP contribution >= 0.6 is 23.5 Å². The molecule has 0 radical (unpaired) electrons. The second-order valence-corrected chi connectivity index (χ2v) is 9.56. The van der Waals surface area contributed by atoms with Gasteiger partial charge in [0.1, 0.15) is 6.54 Å². The monoisotopic (exact) mass is 509 g/mol. The molecule has 180 valence electrons. The molecule has 1 fully saturated rings. The average Bonchev–Trinajstić information content (AvgIpc) is 3.14. The van der Waals surface area contributed by atoms with Crippen LogP contribution in [0.4, 0.5) is 4.79 Å². The Hall–Kier alpha value is -3.43. The number of ether oxygens (including phenoxy) is 3. The molecule has 3 aromatic rings. The number of carbonyl (C=O) groups excluding carboxylic acids is 3. The van der Waals surface area contributed by atoms with Crippen molar-refractivity contribution < 1.29 is 28.6 Å². The van der Waals surface area contributed by atoms with Gasteiger partial charge in [-0.15, -0.1) is 11.8 Å². The zero-order chi connectivity index (χ0) is 24.8. The first-order chi connectivity index (χ1) is 17.0. The third kappa shape index (κ3) is 5.80. The van der Waals surface area contributed by atoms with E-state index >= 15 is 0 Å². The van der Waals surface area contributed by atoms with Crippen molar-refractivity contribution >= 4 is 57.5 Å². The molecule has 7 nitrogen and oxygen atoms in total. The van der Waals surface area contributed by atoms with Gasteiger partial charge in [-0.1, -0.05) is 42.5 Å². The van der Waals surface area contributed by atoms with Gasteiger partial charge in [0.2, 0.25) is 0 Å². The first-order valence-electron chi connectivity index (χ1n) is 10.7. The molecule has 0 N–H and O–H groups in total. The smallest absolute Gasteiger partial charge is 0.325 e. The van der Waals surface area contributed by atoms with Crippen LogP contribution in [0.15, 0.2) is 70.5 Å². The number of hydrogen-bond acceptors (Lipinski definition) is 8. The molecule has 0 saturated carbocycles. The second kappa shape index (κ2) is 11.3. The van der Waals surface area contributed by atoms with E-state index in [9.17, 15) is 14.4 Å². The lowest BCUT2D eigenvalue weighted by Gasteiger charge is -2.12. The third-order valence-corrected chi connectivity index (χ3v) is 7.17. The van der Waals surface area contributed by atoms with E-state index in [-0.39, 0.29) is 4.91 Å². The van der Waals surface area contributed by atoms with Gasteiger partial charge in [-0.25, -0.2) is 0 Å². The molecule has 1 saturated heterocycles. The topological polar surface area (TPSA) is 82.1 Å². The molecule has 1 heterocycles. The fourth-order valence-electron chi connectivity index (χ4n) is 3.50. The lowest BCUT2D eigenvalue weighted by atomic mass is 10.1. The minimum absolute atomic E-state index is 0.223. The maximum absolute atomic E-state index is 12.5. The van der Waals surface area contributed by atoms with Crippen LogP contribution < -0.4 is 9.47 Å². The van der Waals surface area contributed by atoms with Crippen LogP contribution in [0.3, 0.4) is 0 Å². The van der Waals surface area contributed by atoms with Crippen molar-refractivity contribution in [1.82, 2.24) is 4.90 Å². The Kier molecular flexibility index (Phi) is 7.99. The van der Waals surface area contributed by atoms with Crippen molar-refractivity contribution in [3.8, 4) is 11.5 Å². The second-order valence-electron chi connectivity index (χ2n) is 7.43. The molecule has 1 aliphatic rings. The van der Waals surface area contributed by atoms with Crippen molar-refractivity contribution in [3.05, 3.63) is 71.1 Å². The molecule has 3 aromatic carbocycles. The number of amides is 2. The summed E-state index contributed by atoms with van der Waals surface area (Å²) in [5.41, 5.74) is 0.669. The number of methoxy groups -OCH3 is 2. The molecule has 0 atom stereocenters. The van der Waals surface area contributed by atoms with Gasteiger partial charge in [0.25, 0.3) is 11.1 Å². The first kappa shape index (κ1) is 24.7. The molecule has 1 aliphatic heterocycles. The number of esters is 1. The SMILES string of the molecule is COC(=O)CN1C(=O)S/C(=C\c2ccc(OCCSc3cccc4ccccc34)c(OC)c2)C1=O. The normalized spacial score (nSPS) is 14.6. The largest absolute Gasteiger partial charge is 0.493 e. The number of nitrogens with zero attached hydrogens (tertiary/aromatic N) is 1. The summed E-state index contributed by atoms with van der Waals surface area (Å²) in [6.07, 6.45) is 1.59. The van der Waals surface area contributed by atoms with Gasteiger partial charge < -0.3 is 14.2 Å². The zero-order valence-electron chi connectivity index (χ0n) is 19.2. The van der Waals surface area contributed by atoms with E-state index in [4.69, 9.17) is 9.47 Å². The molecule has 9 heteroatoms. The predicted molar refractivity (Wildman–Crippen MR) is 138 cm³/mol. The Labute approximate surface area is 211 Å². The van der Waals surface area contributed by atoms with Gasteiger partial charge in [-0.3, -0.25) is 19.3 Å². The van der Waals surface area contributed by atoms with E-state index in [1.54, 1.807) is 43.1 Å². The summed E-state index contributed by atoms with van der Waals surface area (Å²) in [4.78, 5) is 38.4. The van der Waals surface area contributed by atoms with Crippen LogP contribution in [0.25, 0.3) is 16.8 Å². The van der Waals surface area contributed by atoms with Gasteiger partial charge in [-0.05, 0) is 52.4 Å². The third-order valence-electron chi connectivity index (χ3n) is 5.22. The number of thioether (sulfide) groups is 2. The number of fused-ring (bicyclic) bond motifs is 1. The van der Waals surface area contributed by atoms with Gasteiger partial charge in [0.05, 0.1) is 25.7 Å². The van der Waals surface area contributed by atoms with Gasteiger partial charge in [-0.2, -0.15) is 0 Å². The Bertz CT molecular complexity index is 1300. The molecule has 4 rings (SSSR count). The number of hydrogen-bond donors (Lipinski definition) is 0. The summed E-state index contributed by atoms with van der Waals surface area (Å²) in [6.45, 7) is 0.0708. The minimum atomic E-state index is -0.657. The predicted octanol–water partition coefficient (Wildman–Crippen LogP) is 5.23. The van der Waals surface area contributed by atoms with E-state index in [1.165, 1.54) is 22.8 Å². The van der Waals surface area contributed by atoms with Crippen LogP contribution in [0.2, 0.25) is 0 Å². The summed E-state index contributed by atoms with van der Waals surface area (Å²) in [6, 6.07) is 19.8. The summed E-state index contributed by atoms with van der Waals surface area (Å²) in [7, 11) is 2.75. The summed E-state index contributed by atoms with van der Waals surface area (Å²) >= 11 is 2.51. The first-order valence-corrected chi connectivity index (χ1v) is 12.5. The van der Waals surface area contributed by atoms with Crippen LogP contribution in [0, 0.1) is 0 Å². The number of rotatable bonds is 9. The maximum atomic E-state index is 12.5. The Morgan fingerprint density at radius 1 is 1.03 bits per heavy atom. The zero-order valence-corrected chi connectivity index (χ0v) is 20.8. The lowest BCUT2D eigenvalue weighted by molar-refractivity contribution is -0.143. The molecule has 0 aliphatic carbocycles. The molecule has 0 spiro atoms. The fourth-order valence-corrected chi connectivity index (χ4v) is 5.24. The Balaban J connectivity index is 1.39. The van der Waals surface area contributed by atoms with Crippen molar-refractivity contribution in [2.45, 2.75) is 4.90 Å². The van der Waals surface area contributed by atoms with E-state index in [0.717, 1.165) is 22.4 Å². The lowest BCUT2D eigenvalue weighted by Crippen LogP contribution is -2.34. The van der Waals surface area contributed by atoms with Gasteiger partial charge >= 0.3 is 5.97 Å². The van der Waals surface area contributed by atoms with Crippen LogP contribution in [0.5, 0.6) is 11.5 Å². The van der Waals surface area contributed by atoms with Crippen LogP contribution in [-0.4, -0.2) is 55.1 Å². The van der Waals surface area contributed by atoms with Crippen molar-refractivity contribution in [2.75, 3.05) is 33.1 Å². The Morgan fingerprint density at radius 2 is 1.83 bits per heavy atom. The molecular formula is C26H23NO6S2. The summed E-state index contributed by atoms with van der Waals surface area (Å²) in [5, 5.41) is 1.92. The van der Waals surface area contributed by atoms with Crippen LogP contribution in [0.1, 0.15) is 5.56 Å². The van der Waals surface area contributed by atoms with E-state index < -0.39 is 23.7 Å². The van der Waals surface area contributed by atoms with Crippen LogP contribution in [-0.2, 0) is 14.3 Å². The molecule has 2 amide bonds. The van der Waals surface area contributed by atoms with Gasteiger partial charge in [0, 0.05) is 10.6 Å². The average molecular weight is 510 g/mol. The molecule has 35 heavy (non-hydrogen) atoms. The van der Waals surface area contributed by atoms with Crippen molar-refractivity contribution in [1.29, 1.82) is 0 Å². The molecule has 0 bridgehead atoms. The quantitative estimate of drug-likeness (QED) is 0.168. The van der Waals surface area contributed by atoms with Crippen molar-refractivity contribution in [3.63, 3.8) is 0 Å². The number of carbonyl (C=O) groups is 3. The van der Waals surface area contributed by atoms with Gasteiger partial charge in [0.15, 0.2) is 11.5 Å². The molecular weight excluding hydrogens is 486 g/mol. The van der Waals surface area contributed by atoms with Crippen molar-refractivity contribution in [2.24, 2.45) is 0 Å². The fraction of sp³-hybridized carbons (Fsp3) is 0.192. The van der Waals surface area contributed by atoms with E-state index in [2.05, 4.69) is 35.1 Å². The summed E-state index contributed by atoms with van der Waals surface area (Å²) in [5.74, 6) is 0.668. The highest BCUT2D eigenvalue weighted by Gasteiger charge is 2.36. The summed E-state index contributed by atoms with van der Waals surface area (Å²) < 4.78 is 16.0.